The SMILES string of the molecule is CC(C)(C)c1ccc(S(=O)(=O)N[C@H]2CCN(CCCOc3ccc(C(=O)C4CC4)cc3)C2)cc1. The maximum atomic E-state index is 12.8. The van der Waals surface area contributed by atoms with E-state index in [1.807, 2.05) is 36.4 Å². The number of carbonyl (C=O) groups is 1. The summed E-state index contributed by atoms with van der Waals surface area (Å²) in [5, 5.41) is 0. The molecule has 1 saturated heterocycles. The first-order valence-electron chi connectivity index (χ1n) is 12.2. The van der Waals surface area contributed by atoms with Gasteiger partial charge >= 0.3 is 0 Å². The monoisotopic (exact) mass is 484 g/mol. The highest BCUT2D eigenvalue weighted by Gasteiger charge is 2.30. The Hall–Kier alpha value is -2.22. The minimum atomic E-state index is -3.53. The van der Waals surface area contributed by atoms with E-state index in [4.69, 9.17) is 4.74 Å². The van der Waals surface area contributed by atoms with E-state index in [0.29, 0.717) is 18.0 Å². The van der Waals surface area contributed by atoms with E-state index in [-0.39, 0.29) is 23.2 Å². The number of Topliss-reactive ketones (excluding diaryl/α,β-unsaturated/α-hetero) is 1. The van der Waals surface area contributed by atoms with Gasteiger partial charge < -0.3 is 9.64 Å². The Bertz CT molecular complexity index is 1080. The highest BCUT2D eigenvalue weighted by Crippen LogP contribution is 2.33. The number of ketones is 1. The fraction of sp³-hybridized carbons (Fsp3) is 0.519. The predicted octanol–water partition coefficient (Wildman–Crippen LogP) is 4.40. The molecule has 0 aromatic heterocycles. The second-order valence-corrected chi connectivity index (χ2v) is 12.3. The van der Waals surface area contributed by atoms with E-state index in [1.54, 1.807) is 12.1 Å². The molecule has 184 valence electrons. The summed E-state index contributed by atoms with van der Waals surface area (Å²) in [6, 6.07) is 14.5. The van der Waals surface area contributed by atoms with Crippen LogP contribution in [0.3, 0.4) is 0 Å². The number of nitrogens with one attached hydrogen (secondary N) is 1. The molecule has 1 heterocycles. The first-order chi connectivity index (χ1) is 16.1. The maximum absolute atomic E-state index is 12.8. The van der Waals surface area contributed by atoms with Crippen molar-refractivity contribution in [2.75, 3.05) is 26.2 Å². The van der Waals surface area contributed by atoms with Gasteiger partial charge in [-0.3, -0.25) is 4.79 Å². The number of hydrogen-bond acceptors (Lipinski definition) is 5. The highest BCUT2D eigenvalue weighted by molar-refractivity contribution is 7.89. The average molecular weight is 485 g/mol. The molecular formula is C27H36N2O4S. The number of benzene rings is 2. The normalized spacial score (nSPS) is 19.3. The quantitative estimate of drug-likeness (QED) is 0.400. The smallest absolute Gasteiger partial charge is 0.240 e. The Kier molecular flexibility index (Phi) is 7.45. The molecule has 0 bridgehead atoms. The number of nitrogens with zero attached hydrogens (tertiary/aromatic N) is 1. The Morgan fingerprint density at radius 1 is 1.03 bits per heavy atom. The second kappa shape index (κ2) is 10.2. The molecule has 2 fully saturated rings. The summed E-state index contributed by atoms with van der Waals surface area (Å²) < 4.78 is 34.3. The van der Waals surface area contributed by atoms with Crippen molar-refractivity contribution < 1.29 is 17.9 Å². The molecule has 0 amide bonds. The lowest BCUT2D eigenvalue weighted by Crippen LogP contribution is -2.37. The number of ether oxygens (including phenoxy) is 1. The van der Waals surface area contributed by atoms with Crippen LogP contribution in [0.5, 0.6) is 5.75 Å². The third-order valence-electron chi connectivity index (χ3n) is 6.60. The zero-order chi connectivity index (χ0) is 24.3. The summed E-state index contributed by atoms with van der Waals surface area (Å²) in [6.07, 6.45) is 3.69. The van der Waals surface area contributed by atoms with Gasteiger partial charge in [0.05, 0.1) is 11.5 Å². The van der Waals surface area contributed by atoms with Gasteiger partial charge in [-0.1, -0.05) is 32.9 Å². The number of sulfonamides is 1. The van der Waals surface area contributed by atoms with Gasteiger partial charge in [0, 0.05) is 30.6 Å². The highest BCUT2D eigenvalue weighted by atomic mass is 32.2. The van der Waals surface area contributed by atoms with Gasteiger partial charge in [-0.15, -0.1) is 0 Å². The van der Waals surface area contributed by atoms with E-state index >= 15 is 0 Å². The summed E-state index contributed by atoms with van der Waals surface area (Å²) in [5.41, 5.74) is 1.87. The first-order valence-corrected chi connectivity index (χ1v) is 13.7. The zero-order valence-electron chi connectivity index (χ0n) is 20.4. The molecule has 0 spiro atoms. The molecule has 0 radical (unpaired) electrons. The van der Waals surface area contributed by atoms with Crippen molar-refractivity contribution in [2.24, 2.45) is 5.92 Å². The molecule has 1 aliphatic heterocycles. The number of carbonyl (C=O) groups excluding carboxylic acids is 1. The fourth-order valence-corrected chi connectivity index (χ4v) is 5.59. The molecular weight excluding hydrogens is 448 g/mol. The molecule has 1 aliphatic carbocycles. The van der Waals surface area contributed by atoms with Crippen molar-refractivity contribution in [2.45, 2.75) is 62.8 Å². The third-order valence-corrected chi connectivity index (χ3v) is 8.14. The maximum Gasteiger partial charge on any atom is 0.240 e. The van der Waals surface area contributed by atoms with Crippen molar-refractivity contribution >= 4 is 15.8 Å². The van der Waals surface area contributed by atoms with Gasteiger partial charge in [0.25, 0.3) is 0 Å². The van der Waals surface area contributed by atoms with E-state index in [2.05, 4.69) is 30.4 Å². The van der Waals surface area contributed by atoms with E-state index < -0.39 is 10.0 Å². The first kappa shape index (κ1) is 24.9. The largest absolute Gasteiger partial charge is 0.494 e. The minimum Gasteiger partial charge on any atom is -0.494 e. The Balaban J connectivity index is 1.18. The van der Waals surface area contributed by atoms with Crippen LogP contribution in [-0.2, 0) is 15.4 Å². The molecule has 34 heavy (non-hydrogen) atoms. The number of hydrogen-bond donors (Lipinski definition) is 1. The van der Waals surface area contributed by atoms with Crippen LogP contribution in [0.15, 0.2) is 53.4 Å². The van der Waals surface area contributed by atoms with Crippen LogP contribution in [0, 0.1) is 5.92 Å². The lowest BCUT2D eigenvalue weighted by Gasteiger charge is -2.20. The molecule has 1 N–H and O–H groups in total. The van der Waals surface area contributed by atoms with Gasteiger partial charge in [0.1, 0.15) is 5.75 Å². The predicted molar refractivity (Wildman–Crippen MR) is 134 cm³/mol. The Morgan fingerprint density at radius 2 is 1.71 bits per heavy atom. The van der Waals surface area contributed by atoms with Gasteiger partial charge in [0.15, 0.2) is 5.78 Å². The van der Waals surface area contributed by atoms with Gasteiger partial charge in [-0.25, -0.2) is 13.1 Å². The van der Waals surface area contributed by atoms with Crippen LogP contribution in [-0.4, -0.2) is 51.4 Å². The van der Waals surface area contributed by atoms with Gasteiger partial charge in [-0.2, -0.15) is 0 Å². The molecule has 2 aromatic carbocycles. The Labute approximate surface area is 203 Å². The second-order valence-electron chi connectivity index (χ2n) is 10.5. The van der Waals surface area contributed by atoms with E-state index in [9.17, 15) is 13.2 Å². The lowest BCUT2D eigenvalue weighted by atomic mass is 9.87. The standard InChI is InChI=1S/C27H36N2O4S/c1-27(2,3)22-9-13-25(14-10-22)34(31,32)28-23-15-17-29(19-23)16-4-18-33-24-11-7-21(8-12-24)26(30)20-5-6-20/h7-14,20,23,28H,4-6,15-19H2,1-3H3/t23-/m0/s1. The van der Waals surface area contributed by atoms with Crippen molar-refractivity contribution in [1.29, 1.82) is 0 Å². The van der Waals surface area contributed by atoms with Gasteiger partial charge in [0.2, 0.25) is 10.0 Å². The summed E-state index contributed by atoms with van der Waals surface area (Å²) >= 11 is 0. The van der Waals surface area contributed by atoms with Crippen molar-refractivity contribution in [1.82, 2.24) is 9.62 Å². The molecule has 2 aromatic rings. The van der Waals surface area contributed by atoms with Crippen LogP contribution in [0.2, 0.25) is 0 Å². The van der Waals surface area contributed by atoms with Crippen LogP contribution in [0.4, 0.5) is 0 Å². The molecule has 4 rings (SSSR count). The van der Waals surface area contributed by atoms with Crippen molar-refractivity contribution in [3.63, 3.8) is 0 Å². The van der Waals surface area contributed by atoms with E-state index in [1.165, 1.54) is 0 Å². The fourth-order valence-electron chi connectivity index (χ4n) is 4.33. The van der Waals surface area contributed by atoms with E-state index in [0.717, 1.165) is 55.6 Å². The molecule has 7 heteroatoms. The van der Waals surface area contributed by atoms with Crippen LogP contribution in [0.1, 0.15) is 62.4 Å². The van der Waals surface area contributed by atoms with Crippen LogP contribution in [0.25, 0.3) is 0 Å². The zero-order valence-corrected chi connectivity index (χ0v) is 21.2. The summed E-state index contributed by atoms with van der Waals surface area (Å²) in [4.78, 5) is 14.7. The molecule has 2 aliphatic rings. The number of rotatable bonds is 10. The molecule has 6 nitrogen and oxygen atoms in total. The minimum absolute atomic E-state index is 0.00999. The van der Waals surface area contributed by atoms with Crippen molar-refractivity contribution in [3.05, 3.63) is 59.7 Å². The lowest BCUT2D eigenvalue weighted by molar-refractivity contribution is 0.0967. The molecule has 0 unspecified atom stereocenters. The summed E-state index contributed by atoms with van der Waals surface area (Å²) in [5.74, 6) is 1.25. The number of likely N-dealkylation sites (tertiary alicyclic amines) is 1. The summed E-state index contributed by atoms with van der Waals surface area (Å²) in [7, 11) is -3.53. The average Bonchev–Trinajstić information content (AvgIpc) is 3.56. The Morgan fingerprint density at radius 3 is 2.32 bits per heavy atom. The summed E-state index contributed by atoms with van der Waals surface area (Å²) in [6.45, 7) is 9.35. The third kappa shape index (κ3) is 6.46. The van der Waals surface area contributed by atoms with Crippen LogP contribution >= 0.6 is 0 Å². The molecule has 1 atom stereocenters. The van der Waals surface area contributed by atoms with Gasteiger partial charge in [-0.05, 0) is 79.6 Å². The van der Waals surface area contributed by atoms with Crippen LogP contribution < -0.4 is 9.46 Å². The topological polar surface area (TPSA) is 75.7 Å². The van der Waals surface area contributed by atoms with Crippen molar-refractivity contribution in [3.8, 4) is 5.75 Å². The molecule has 1 saturated carbocycles.